The molecule has 10 heteroatoms. The van der Waals surface area contributed by atoms with E-state index in [2.05, 4.69) is 55.1 Å². The molecule has 4 rings (SSSR count). The molecule has 0 spiro atoms. The minimum atomic E-state index is -1.21. The number of carbonyl (C=O) groups is 2. The second-order valence-electron chi connectivity index (χ2n) is 6.47. The van der Waals surface area contributed by atoms with Crippen LogP contribution in [0.15, 0.2) is 58.4 Å². The van der Waals surface area contributed by atoms with Crippen LogP contribution in [0.2, 0.25) is 0 Å². The quantitative estimate of drug-likeness (QED) is 0.224. The van der Waals surface area contributed by atoms with Gasteiger partial charge in [0.2, 0.25) is 10.9 Å². The molecule has 0 amide bonds. The molecule has 0 saturated heterocycles. The highest BCUT2D eigenvalue weighted by Crippen LogP contribution is 2.14. The monoisotopic (exact) mass is 658 g/mol. The van der Waals surface area contributed by atoms with Gasteiger partial charge in [0, 0.05) is 41.3 Å². The highest BCUT2D eigenvalue weighted by molar-refractivity contribution is 14.1. The summed E-state index contributed by atoms with van der Waals surface area (Å²) in [6, 6.07) is 10.7. The van der Waals surface area contributed by atoms with Crippen LogP contribution >= 0.6 is 45.2 Å². The molecular formula is C22H16I2N2O6. The first-order valence-corrected chi connectivity index (χ1v) is 11.4. The van der Waals surface area contributed by atoms with Gasteiger partial charge < -0.3 is 19.8 Å². The number of ether oxygens (including phenoxy) is 1. The molecule has 0 aliphatic rings. The molecule has 32 heavy (non-hydrogen) atoms. The van der Waals surface area contributed by atoms with Gasteiger partial charge in [0.15, 0.2) is 0 Å². The van der Waals surface area contributed by atoms with Crippen LogP contribution < -0.4 is 10.9 Å². The van der Waals surface area contributed by atoms with E-state index in [0.717, 1.165) is 7.14 Å². The number of pyridine rings is 2. The highest BCUT2D eigenvalue weighted by atomic mass is 127. The van der Waals surface area contributed by atoms with Crippen molar-refractivity contribution in [1.82, 2.24) is 9.97 Å². The van der Waals surface area contributed by atoms with E-state index < -0.39 is 17.4 Å². The van der Waals surface area contributed by atoms with Gasteiger partial charge in [-0.3, -0.25) is 9.59 Å². The third-order valence-corrected chi connectivity index (χ3v) is 5.75. The largest absolute Gasteiger partial charge is 0.477 e. The third kappa shape index (κ3) is 5.18. The van der Waals surface area contributed by atoms with E-state index >= 15 is 0 Å². The first-order valence-electron chi connectivity index (χ1n) is 9.25. The van der Waals surface area contributed by atoms with Crippen LogP contribution in [-0.2, 0) is 4.74 Å². The summed E-state index contributed by atoms with van der Waals surface area (Å²) in [6.07, 6.45) is 2.62. The Hall–Kier alpha value is -2.74. The van der Waals surface area contributed by atoms with E-state index in [1.165, 1.54) is 12.4 Å². The van der Waals surface area contributed by atoms with Gasteiger partial charge in [-0.05, 0) is 88.5 Å². The molecule has 2 aromatic carbocycles. The minimum Gasteiger partial charge on any atom is -0.477 e. The number of carbonyl (C=O) groups excluding carboxylic acids is 1. The molecule has 0 fully saturated rings. The number of esters is 1. The summed E-state index contributed by atoms with van der Waals surface area (Å²) in [5, 5.41) is 9.68. The van der Waals surface area contributed by atoms with Gasteiger partial charge in [-0.1, -0.05) is 0 Å². The Morgan fingerprint density at radius 1 is 0.875 bits per heavy atom. The average Bonchev–Trinajstić information content (AvgIpc) is 2.75. The van der Waals surface area contributed by atoms with Crippen LogP contribution in [-0.4, -0.2) is 33.6 Å². The van der Waals surface area contributed by atoms with Gasteiger partial charge >= 0.3 is 11.9 Å². The zero-order valence-electron chi connectivity index (χ0n) is 16.6. The number of H-pyrrole nitrogens is 2. The van der Waals surface area contributed by atoms with Gasteiger partial charge in [0.25, 0.3) is 0 Å². The van der Waals surface area contributed by atoms with Gasteiger partial charge in [-0.25, -0.2) is 9.59 Å². The molecule has 8 nitrogen and oxygen atoms in total. The first-order chi connectivity index (χ1) is 15.2. The van der Waals surface area contributed by atoms with E-state index in [1.807, 2.05) is 18.2 Å². The molecule has 2 aromatic heterocycles. The van der Waals surface area contributed by atoms with Crippen molar-refractivity contribution in [3.05, 3.63) is 87.5 Å². The van der Waals surface area contributed by atoms with E-state index in [9.17, 15) is 19.2 Å². The van der Waals surface area contributed by atoms with Crippen LogP contribution in [0.1, 0.15) is 27.6 Å². The Bertz CT molecular complexity index is 1460. The average molecular weight is 658 g/mol. The summed E-state index contributed by atoms with van der Waals surface area (Å²) in [7, 11) is 0. The zero-order chi connectivity index (χ0) is 23.4. The third-order valence-electron chi connectivity index (χ3n) is 4.41. The lowest BCUT2D eigenvalue weighted by molar-refractivity contribution is 0.0524. The summed E-state index contributed by atoms with van der Waals surface area (Å²) in [6.45, 7) is 1.96. The fourth-order valence-electron chi connectivity index (χ4n) is 2.90. The van der Waals surface area contributed by atoms with Gasteiger partial charge in [0.1, 0.15) is 11.1 Å². The number of hydrogen-bond donors (Lipinski definition) is 3. The van der Waals surface area contributed by atoms with Crippen molar-refractivity contribution in [2.75, 3.05) is 6.61 Å². The van der Waals surface area contributed by atoms with Crippen molar-refractivity contribution in [2.24, 2.45) is 0 Å². The Balaban J connectivity index is 0.000000182. The lowest BCUT2D eigenvalue weighted by atomic mass is 10.1. The number of nitrogens with one attached hydrogen (secondary N) is 2. The van der Waals surface area contributed by atoms with Crippen molar-refractivity contribution < 1.29 is 19.4 Å². The maximum atomic E-state index is 12.1. The molecule has 0 aliphatic heterocycles. The van der Waals surface area contributed by atoms with Gasteiger partial charge in [0.05, 0.1) is 6.61 Å². The number of carboxylic acid groups (broad SMARTS) is 1. The second-order valence-corrected chi connectivity index (χ2v) is 8.96. The predicted octanol–water partition coefficient (Wildman–Crippen LogP) is 4.14. The van der Waals surface area contributed by atoms with Crippen molar-refractivity contribution >= 4 is 78.9 Å². The highest BCUT2D eigenvalue weighted by Gasteiger charge is 2.14. The number of halogens is 2. The number of rotatable bonds is 3. The van der Waals surface area contributed by atoms with E-state index in [1.54, 1.807) is 25.1 Å². The van der Waals surface area contributed by atoms with Gasteiger partial charge in [-0.15, -0.1) is 0 Å². The lowest BCUT2D eigenvalue weighted by Crippen LogP contribution is -2.18. The smallest absolute Gasteiger partial charge is 0.343 e. The van der Waals surface area contributed by atoms with Crippen molar-refractivity contribution in [2.45, 2.75) is 6.92 Å². The van der Waals surface area contributed by atoms with Crippen molar-refractivity contribution in [3.63, 3.8) is 0 Å². The van der Waals surface area contributed by atoms with Crippen LogP contribution in [0.4, 0.5) is 0 Å². The number of fused-ring (bicyclic) bond motifs is 2. The molecule has 0 atom stereocenters. The van der Waals surface area contributed by atoms with E-state index in [0.29, 0.717) is 21.8 Å². The number of carboxylic acids is 1. The Morgan fingerprint density at radius 3 is 1.81 bits per heavy atom. The first kappa shape index (κ1) is 23.9. The molecule has 3 N–H and O–H groups in total. The SMILES string of the molecule is CCOC(=O)c1c[nH]c2ccc(I)cc2c1=O.O=C(O)c1c[nH]c2ccc(I)cc2c1=O. The summed E-state index contributed by atoms with van der Waals surface area (Å²) in [4.78, 5) is 51.8. The standard InChI is InChI=1S/C12H10INO3.C10H6INO3/c1-2-17-12(16)9-6-14-10-4-3-7(13)5-8(10)11(9)15;11-5-1-2-8-6(3-5)9(13)7(4-12-8)10(14)15/h3-6H,2H2,1H3,(H,14,15);1-4H,(H,12,13)(H,14,15). The van der Waals surface area contributed by atoms with Crippen LogP contribution in [0, 0.1) is 7.14 Å². The van der Waals surface area contributed by atoms with Crippen molar-refractivity contribution in [1.29, 1.82) is 0 Å². The number of benzene rings is 2. The predicted molar refractivity (Wildman–Crippen MR) is 137 cm³/mol. The van der Waals surface area contributed by atoms with E-state index in [-0.39, 0.29) is 23.2 Å². The lowest BCUT2D eigenvalue weighted by Gasteiger charge is -2.03. The molecular weight excluding hydrogens is 642 g/mol. The molecule has 0 unspecified atom stereocenters. The van der Waals surface area contributed by atoms with Crippen LogP contribution in [0.5, 0.6) is 0 Å². The zero-order valence-corrected chi connectivity index (χ0v) is 20.9. The maximum Gasteiger partial charge on any atom is 0.343 e. The molecule has 0 aliphatic carbocycles. The Kier molecular flexibility index (Phi) is 7.66. The normalized spacial score (nSPS) is 10.5. The summed E-state index contributed by atoms with van der Waals surface area (Å²) in [5.74, 6) is -1.80. The fourth-order valence-corrected chi connectivity index (χ4v) is 3.88. The molecule has 4 aromatic rings. The molecule has 164 valence electrons. The van der Waals surface area contributed by atoms with Gasteiger partial charge in [-0.2, -0.15) is 0 Å². The molecule has 0 saturated carbocycles. The summed E-state index contributed by atoms with van der Waals surface area (Å²) in [5.41, 5.74) is 0.421. The molecule has 0 bridgehead atoms. The summed E-state index contributed by atoms with van der Waals surface area (Å²) < 4.78 is 6.67. The number of aromatic carboxylic acids is 1. The maximum absolute atomic E-state index is 12.1. The topological polar surface area (TPSA) is 129 Å². The Morgan fingerprint density at radius 2 is 1.34 bits per heavy atom. The van der Waals surface area contributed by atoms with E-state index in [4.69, 9.17) is 9.84 Å². The minimum absolute atomic E-state index is 0.0429. The van der Waals surface area contributed by atoms with Crippen molar-refractivity contribution in [3.8, 4) is 0 Å². The van der Waals surface area contributed by atoms with Crippen LogP contribution in [0.3, 0.4) is 0 Å². The Labute approximate surface area is 208 Å². The number of aromatic nitrogens is 2. The second kappa shape index (κ2) is 10.3. The molecule has 0 radical (unpaired) electrons. The number of hydrogen-bond acceptors (Lipinski definition) is 5. The molecule has 2 heterocycles. The summed E-state index contributed by atoms with van der Waals surface area (Å²) >= 11 is 4.19. The number of aromatic amines is 2. The fraction of sp³-hybridized carbons (Fsp3) is 0.0909. The van der Waals surface area contributed by atoms with Crippen LogP contribution in [0.25, 0.3) is 21.8 Å².